The van der Waals surface area contributed by atoms with Gasteiger partial charge in [-0.25, -0.2) is 0 Å². The SMILES string of the molecule is CC(O)CN1CCN(C(=O)CC2CSCCN2)CC1C. The van der Waals surface area contributed by atoms with E-state index in [0.717, 1.165) is 37.7 Å². The molecule has 0 radical (unpaired) electrons. The van der Waals surface area contributed by atoms with Crippen molar-refractivity contribution in [2.24, 2.45) is 0 Å². The number of hydrogen-bond donors (Lipinski definition) is 2. The van der Waals surface area contributed by atoms with Crippen LogP contribution in [-0.4, -0.2) is 83.2 Å². The Morgan fingerprint density at radius 1 is 1.50 bits per heavy atom. The van der Waals surface area contributed by atoms with Crippen molar-refractivity contribution in [3.05, 3.63) is 0 Å². The fraction of sp³-hybridized carbons (Fsp3) is 0.929. The topological polar surface area (TPSA) is 55.8 Å². The van der Waals surface area contributed by atoms with E-state index in [-0.39, 0.29) is 12.0 Å². The van der Waals surface area contributed by atoms with Crippen LogP contribution in [-0.2, 0) is 4.79 Å². The van der Waals surface area contributed by atoms with Crippen LogP contribution in [0.4, 0.5) is 0 Å². The first-order chi connectivity index (χ1) is 9.56. The number of carbonyl (C=O) groups excluding carboxylic acids is 1. The molecule has 1 amide bonds. The Kier molecular flexibility index (Phi) is 6.14. The van der Waals surface area contributed by atoms with Gasteiger partial charge in [-0.05, 0) is 13.8 Å². The maximum absolute atomic E-state index is 12.3. The molecule has 0 saturated carbocycles. The number of carbonyl (C=O) groups is 1. The Labute approximate surface area is 126 Å². The van der Waals surface area contributed by atoms with E-state index in [9.17, 15) is 9.90 Å². The Morgan fingerprint density at radius 3 is 2.90 bits per heavy atom. The van der Waals surface area contributed by atoms with E-state index in [1.807, 2.05) is 23.6 Å². The van der Waals surface area contributed by atoms with E-state index in [1.165, 1.54) is 0 Å². The smallest absolute Gasteiger partial charge is 0.224 e. The van der Waals surface area contributed by atoms with Crippen LogP contribution in [0.15, 0.2) is 0 Å². The van der Waals surface area contributed by atoms with Crippen LogP contribution >= 0.6 is 11.8 Å². The molecule has 0 bridgehead atoms. The average Bonchev–Trinajstić information content (AvgIpc) is 2.41. The van der Waals surface area contributed by atoms with E-state index in [0.29, 0.717) is 25.0 Å². The summed E-state index contributed by atoms with van der Waals surface area (Å²) < 4.78 is 0. The predicted molar refractivity (Wildman–Crippen MR) is 83.0 cm³/mol. The molecule has 2 fully saturated rings. The highest BCUT2D eigenvalue weighted by Crippen LogP contribution is 2.15. The first-order valence-electron chi connectivity index (χ1n) is 7.57. The van der Waals surface area contributed by atoms with Crippen molar-refractivity contribution in [1.82, 2.24) is 15.1 Å². The number of amides is 1. The largest absolute Gasteiger partial charge is 0.392 e. The lowest BCUT2D eigenvalue weighted by molar-refractivity contribution is -0.134. The van der Waals surface area contributed by atoms with E-state index in [4.69, 9.17) is 0 Å². The molecule has 3 unspecified atom stereocenters. The second kappa shape index (κ2) is 7.64. The molecule has 0 aromatic heterocycles. The summed E-state index contributed by atoms with van der Waals surface area (Å²) in [5.41, 5.74) is 0. The molecule has 2 aliphatic heterocycles. The minimum atomic E-state index is -0.303. The quantitative estimate of drug-likeness (QED) is 0.765. The van der Waals surface area contributed by atoms with Crippen molar-refractivity contribution < 1.29 is 9.90 Å². The van der Waals surface area contributed by atoms with Crippen LogP contribution in [0.5, 0.6) is 0 Å². The van der Waals surface area contributed by atoms with Gasteiger partial charge in [-0.15, -0.1) is 0 Å². The van der Waals surface area contributed by atoms with Gasteiger partial charge < -0.3 is 15.3 Å². The molecular weight excluding hydrogens is 274 g/mol. The van der Waals surface area contributed by atoms with Crippen LogP contribution in [0.1, 0.15) is 20.3 Å². The summed E-state index contributed by atoms with van der Waals surface area (Å²) in [6.45, 7) is 8.10. The third-order valence-corrected chi connectivity index (χ3v) is 5.17. The van der Waals surface area contributed by atoms with Crippen LogP contribution in [0.2, 0.25) is 0 Å². The standard InChI is InChI=1S/C14H27N3O2S/c1-11-8-17(5-4-16(11)9-12(2)18)14(19)7-13-10-20-6-3-15-13/h11-13,15,18H,3-10H2,1-2H3. The summed E-state index contributed by atoms with van der Waals surface area (Å²) in [6, 6.07) is 0.669. The van der Waals surface area contributed by atoms with Gasteiger partial charge >= 0.3 is 0 Å². The van der Waals surface area contributed by atoms with Gasteiger partial charge in [-0.3, -0.25) is 9.69 Å². The molecule has 3 atom stereocenters. The molecule has 0 aromatic rings. The number of aliphatic hydroxyl groups is 1. The Balaban J connectivity index is 1.77. The normalized spacial score (nSPS) is 30.2. The number of aliphatic hydroxyl groups excluding tert-OH is 1. The monoisotopic (exact) mass is 301 g/mol. The fourth-order valence-corrected chi connectivity index (χ4v) is 3.87. The minimum Gasteiger partial charge on any atom is -0.392 e. The molecule has 2 rings (SSSR count). The Hall–Kier alpha value is -0.300. The Bertz CT molecular complexity index is 322. The Morgan fingerprint density at radius 2 is 2.30 bits per heavy atom. The first-order valence-corrected chi connectivity index (χ1v) is 8.72. The molecule has 20 heavy (non-hydrogen) atoms. The lowest BCUT2D eigenvalue weighted by Gasteiger charge is -2.41. The highest BCUT2D eigenvalue weighted by Gasteiger charge is 2.28. The second-order valence-electron chi connectivity index (χ2n) is 5.96. The highest BCUT2D eigenvalue weighted by atomic mass is 32.2. The van der Waals surface area contributed by atoms with E-state index in [2.05, 4.69) is 17.1 Å². The summed E-state index contributed by atoms with van der Waals surface area (Å²) >= 11 is 1.93. The number of β-amino-alcohol motifs (C(OH)–C–C–N with tert-alkyl or cyclic N) is 1. The molecule has 2 aliphatic rings. The van der Waals surface area contributed by atoms with Crippen LogP contribution in [0, 0.1) is 0 Å². The van der Waals surface area contributed by atoms with Crippen LogP contribution in [0.3, 0.4) is 0 Å². The van der Waals surface area contributed by atoms with E-state index in [1.54, 1.807) is 0 Å². The summed E-state index contributed by atoms with van der Waals surface area (Å²) in [6.07, 6.45) is 0.319. The fourth-order valence-electron chi connectivity index (χ4n) is 2.92. The van der Waals surface area contributed by atoms with Crippen molar-refractivity contribution in [1.29, 1.82) is 0 Å². The highest BCUT2D eigenvalue weighted by molar-refractivity contribution is 7.99. The van der Waals surface area contributed by atoms with Gasteiger partial charge in [0.1, 0.15) is 0 Å². The molecular formula is C14H27N3O2S. The van der Waals surface area contributed by atoms with Crippen molar-refractivity contribution in [3.8, 4) is 0 Å². The van der Waals surface area contributed by atoms with Crippen molar-refractivity contribution >= 4 is 17.7 Å². The van der Waals surface area contributed by atoms with Gasteiger partial charge in [0, 0.05) is 62.7 Å². The molecule has 116 valence electrons. The number of piperazine rings is 1. The molecule has 0 spiro atoms. The maximum atomic E-state index is 12.3. The third kappa shape index (κ3) is 4.62. The number of nitrogens with zero attached hydrogens (tertiary/aromatic N) is 2. The van der Waals surface area contributed by atoms with Gasteiger partial charge in [-0.2, -0.15) is 11.8 Å². The summed E-state index contributed by atoms with van der Waals surface area (Å²) in [5, 5.41) is 12.9. The van der Waals surface area contributed by atoms with Gasteiger partial charge in [0.15, 0.2) is 0 Å². The summed E-state index contributed by atoms with van der Waals surface area (Å²) in [7, 11) is 0. The molecule has 5 nitrogen and oxygen atoms in total. The van der Waals surface area contributed by atoms with Gasteiger partial charge in [0.2, 0.25) is 5.91 Å². The van der Waals surface area contributed by atoms with E-state index >= 15 is 0 Å². The summed E-state index contributed by atoms with van der Waals surface area (Å²) in [5.74, 6) is 2.47. The molecule has 0 aromatic carbocycles. The lowest BCUT2D eigenvalue weighted by Crippen LogP contribution is -2.55. The zero-order chi connectivity index (χ0) is 14.5. The van der Waals surface area contributed by atoms with Gasteiger partial charge in [0.25, 0.3) is 0 Å². The van der Waals surface area contributed by atoms with E-state index < -0.39 is 0 Å². The minimum absolute atomic E-state index is 0.272. The van der Waals surface area contributed by atoms with Crippen LogP contribution in [0.25, 0.3) is 0 Å². The van der Waals surface area contributed by atoms with Crippen molar-refractivity contribution in [2.45, 2.75) is 38.5 Å². The average molecular weight is 301 g/mol. The molecule has 2 N–H and O–H groups in total. The summed E-state index contributed by atoms with van der Waals surface area (Å²) in [4.78, 5) is 16.6. The lowest BCUT2D eigenvalue weighted by atomic mass is 10.1. The van der Waals surface area contributed by atoms with Crippen molar-refractivity contribution in [2.75, 3.05) is 44.2 Å². The molecule has 2 heterocycles. The molecule has 2 saturated heterocycles. The second-order valence-corrected chi connectivity index (χ2v) is 7.11. The molecule has 6 heteroatoms. The zero-order valence-electron chi connectivity index (χ0n) is 12.5. The predicted octanol–water partition coefficient (Wildman–Crippen LogP) is -0.00500. The number of rotatable bonds is 4. The number of nitrogens with one attached hydrogen (secondary N) is 1. The van der Waals surface area contributed by atoms with Gasteiger partial charge in [-0.1, -0.05) is 0 Å². The number of hydrogen-bond acceptors (Lipinski definition) is 5. The van der Waals surface area contributed by atoms with Crippen LogP contribution < -0.4 is 5.32 Å². The van der Waals surface area contributed by atoms with Gasteiger partial charge in [0.05, 0.1) is 6.10 Å². The molecule has 0 aliphatic carbocycles. The van der Waals surface area contributed by atoms with Crippen molar-refractivity contribution in [3.63, 3.8) is 0 Å². The third-order valence-electron chi connectivity index (χ3n) is 4.04. The zero-order valence-corrected chi connectivity index (χ0v) is 13.4. The number of thioether (sulfide) groups is 1. The first kappa shape index (κ1) is 16.1. The maximum Gasteiger partial charge on any atom is 0.224 e.